The number of hydrogen-bond donors (Lipinski definition) is 1. The molecule has 172 valence electrons. The fourth-order valence-electron chi connectivity index (χ4n) is 3.33. The van der Waals surface area contributed by atoms with Crippen molar-refractivity contribution < 1.29 is 14.6 Å². The second-order valence-corrected chi connectivity index (χ2v) is 7.27. The molecule has 0 saturated carbocycles. The number of nitro groups is 2. The Labute approximate surface area is 190 Å². The van der Waals surface area contributed by atoms with Crippen LogP contribution in [-0.2, 0) is 13.1 Å². The van der Waals surface area contributed by atoms with Crippen molar-refractivity contribution in [1.29, 1.82) is 0 Å². The van der Waals surface area contributed by atoms with Crippen molar-refractivity contribution in [2.24, 2.45) is 0 Å². The van der Waals surface area contributed by atoms with Crippen LogP contribution in [0, 0.1) is 20.2 Å². The number of fused-ring (bicyclic) bond motifs is 1. The van der Waals surface area contributed by atoms with E-state index >= 15 is 0 Å². The summed E-state index contributed by atoms with van der Waals surface area (Å²) in [4.78, 5) is 50.0. The van der Waals surface area contributed by atoms with Crippen LogP contribution in [0.5, 0.6) is 0 Å². The van der Waals surface area contributed by atoms with Gasteiger partial charge in [-0.1, -0.05) is 18.2 Å². The Bertz CT molecular complexity index is 1460. The minimum Gasteiger partial charge on any atom is -0.350 e. The number of hydrogen-bond acceptors (Lipinski definition) is 8. The zero-order chi connectivity index (χ0) is 24.2. The normalized spacial score (nSPS) is 10.8. The summed E-state index contributed by atoms with van der Waals surface area (Å²) in [7, 11) is 0. The lowest BCUT2D eigenvalue weighted by Gasteiger charge is -2.08. The maximum Gasteiger partial charge on any atom is 0.270 e. The van der Waals surface area contributed by atoms with Crippen LogP contribution in [0.25, 0.3) is 11.0 Å². The van der Waals surface area contributed by atoms with Crippen LogP contribution in [0.4, 0.5) is 11.4 Å². The molecule has 1 N–H and O–H groups in total. The number of rotatable bonds is 8. The number of nitrogens with zero attached hydrogens (tertiary/aromatic N) is 6. The van der Waals surface area contributed by atoms with Crippen LogP contribution in [0.2, 0.25) is 0 Å². The van der Waals surface area contributed by atoms with E-state index in [1.54, 1.807) is 12.1 Å². The van der Waals surface area contributed by atoms with Crippen LogP contribution >= 0.6 is 0 Å². The summed E-state index contributed by atoms with van der Waals surface area (Å²) >= 11 is 0. The van der Waals surface area contributed by atoms with Crippen molar-refractivity contribution >= 4 is 28.3 Å². The molecule has 1 amide bonds. The first-order valence-corrected chi connectivity index (χ1v) is 10.0. The molecule has 0 bridgehead atoms. The third kappa shape index (κ3) is 4.62. The molecule has 2 aromatic heterocycles. The van der Waals surface area contributed by atoms with Gasteiger partial charge in [0.15, 0.2) is 5.65 Å². The van der Waals surface area contributed by atoms with Gasteiger partial charge in [-0.3, -0.25) is 34.4 Å². The Kier molecular flexibility index (Phi) is 6.07. The molecule has 0 spiro atoms. The Hall–Kier alpha value is -4.94. The number of nitro benzene ring substituents is 2. The summed E-state index contributed by atoms with van der Waals surface area (Å²) in [5.74, 6) is -0.474. The van der Waals surface area contributed by atoms with Gasteiger partial charge in [0.05, 0.1) is 29.1 Å². The van der Waals surface area contributed by atoms with Gasteiger partial charge in [0, 0.05) is 36.4 Å². The molecular formula is C21H17N7O6. The van der Waals surface area contributed by atoms with Crippen LogP contribution in [0.15, 0.2) is 65.8 Å². The fourth-order valence-corrected chi connectivity index (χ4v) is 3.33. The standard InChI is InChI=1S/C21H17N7O6/c29-20(15-2-1-3-17(10-15)28(33)34)22-8-9-26-19-18(11-24-26)21(30)25(13-23-19)12-14-4-6-16(7-5-14)27(31)32/h1-7,10-11,13H,8-9,12H2,(H,22,29). The Morgan fingerprint density at radius 3 is 2.47 bits per heavy atom. The molecule has 2 heterocycles. The number of carbonyl (C=O) groups is 1. The van der Waals surface area contributed by atoms with E-state index in [0.717, 1.165) is 0 Å². The van der Waals surface area contributed by atoms with Crippen LogP contribution < -0.4 is 10.9 Å². The quantitative estimate of drug-likeness (QED) is 0.305. The molecule has 4 aromatic rings. The van der Waals surface area contributed by atoms with Gasteiger partial charge >= 0.3 is 0 Å². The van der Waals surface area contributed by atoms with Crippen molar-refractivity contribution in [3.05, 3.63) is 103 Å². The topological polar surface area (TPSA) is 168 Å². The van der Waals surface area contributed by atoms with E-state index in [2.05, 4.69) is 15.4 Å². The van der Waals surface area contributed by atoms with E-state index in [4.69, 9.17) is 0 Å². The molecular weight excluding hydrogens is 446 g/mol. The number of benzene rings is 2. The highest BCUT2D eigenvalue weighted by molar-refractivity contribution is 5.94. The fraction of sp³-hybridized carbons (Fsp3) is 0.143. The highest BCUT2D eigenvalue weighted by Gasteiger charge is 2.13. The Balaban J connectivity index is 1.43. The van der Waals surface area contributed by atoms with E-state index in [9.17, 15) is 29.8 Å². The molecule has 0 radical (unpaired) electrons. The largest absolute Gasteiger partial charge is 0.350 e. The van der Waals surface area contributed by atoms with Crippen molar-refractivity contribution in [1.82, 2.24) is 24.6 Å². The van der Waals surface area contributed by atoms with Crippen molar-refractivity contribution in [3.8, 4) is 0 Å². The lowest BCUT2D eigenvalue weighted by atomic mass is 10.2. The average Bonchev–Trinajstić information content (AvgIpc) is 3.25. The monoisotopic (exact) mass is 463 g/mol. The summed E-state index contributed by atoms with van der Waals surface area (Å²) in [6.45, 7) is 0.569. The van der Waals surface area contributed by atoms with Gasteiger partial charge in [0.1, 0.15) is 11.7 Å². The van der Waals surface area contributed by atoms with Crippen molar-refractivity contribution in [2.45, 2.75) is 13.1 Å². The number of aromatic nitrogens is 4. The first-order valence-electron chi connectivity index (χ1n) is 10.0. The maximum absolute atomic E-state index is 12.8. The highest BCUT2D eigenvalue weighted by atomic mass is 16.6. The Morgan fingerprint density at radius 2 is 1.76 bits per heavy atom. The van der Waals surface area contributed by atoms with E-state index in [1.807, 2.05) is 0 Å². The van der Waals surface area contributed by atoms with Gasteiger partial charge in [-0.15, -0.1) is 0 Å². The number of amides is 1. The second kappa shape index (κ2) is 9.28. The zero-order valence-electron chi connectivity index (χ0n) is 17.5. The van der Waals surface area contributed by atoms with Crippen LogP contribution in [-0.4, -0.2) is 41.6 Å². The number of nitrogens with one attached hydrogen (secondary N) is 1. The smallest absolute Gasteiger partial charge is 0.270 e. The molecule has 0 aliphatic rings. The molecule has 13 heteroatoms. The second-order valence-electron chi connectivity index (χ2n) is 7.27. The van der Waals surface area contributed by atoms with Gasteiger partial charge in [-0.05, 0) is 11.6 Å². The minimum absolute atomic E-state index is 0.0384. The van der Waals surface area contributed by atoms with Crippen molar-refractivity contribution in [2.75, 3.05) is 6.54 Å². The Morgan fingerprint density at radius 1 is 1.03 bits per heavy atom. The van der Waals surface area contributed by atoms with E-state index in [-0.39, 0.29) is 47.5 Å². The zero-order valence-corrected chi connectivity index (χ0v) is 17.5. The van der Waals surface area contributed by atoms with Gasteiger partial charge in [-0.25, -0.2) is 9.67 Å². The lowest BCUT2D eigenvalue weighted by molar-refractivity contribution is -0.385. The molecule has 0 atom stereocenters. The third-order valence-electron chi connectivity index (χ3n) is 5.05. The SMILES string of the molecule is O=C(NCCn1ncc2c(=O)n(Cc3ccc([N+](=O)[O-])cc3)cnc21)c1cccc([N+](=O)[O-])c1. The van der Waals surface area contributed by atoms with Gasteiger partial charge in [-0.2, -0.15) is 5.10 Å². The van der Waals surface area contributed by atoms with E-state index in [0.29, 0.717) is 11.2 Å². The molecule has 0 aliphatic carbocycles. The van der Waals surface area contributed by atoms with Crippen LogP contribution in [0.1, 0.15) is 15.9 Å². The van der Waals surface area contributed by atoms with E-state index < -0.39 is 15.8 Å². The van der Waals surface area contributed by atoms with Gasteiger partial charge in [0.2, 0.25) is 0 Å². The molecule has 0 unspecified atom stereocenters. The summed E-state index contributed by atoms with van der Waals surface area (Å²) in [5, 5.41) is 28.8. The minimum atomic E-state index is -0.577. The third-order valence-corrected chi connectivity index (χ3v) is 5.05. The number of non-ortho nitro benzene ring substituents is 2. The summed E-state index contributed by atoms with van der Waals surface area (Å²) in [5.41, 5.74) is 0.658. The number of carbonyl (C=O) groups excluding carboxylic acids is 1. The molecule has 0 aliphatic heterocycles. The first-order chi connectivity index (χ1) is 16.3. The summed E-state index contributed by atoms with van der Waals surface area (Å²) in [6.07, 6.45) is 2.76. The van der Waals surface area contributed by atoms with Gasteiger partial charge in [0.25, 0.3) is 22.8 Å². The first kappa shape index (κ1) is 22.3. The van der Waals surface area contributed by atoms with E-state index in [1.165, 1.54) is 58.2 Å². The molecule has 0 saturated heterocycles. The predicted octanol–water partition coefficient (Wildman–Crippen LogP) is 1.89. The molecule has 0 fully saturated rings. The maximum atomic E-state index is 12.8. The highest BCUT2D eigenvalue weighted by Crippen LogP contribution is 2.14. The predicted molar refractivity (Wildman–Crippen MR) is 119 cm³/mol. The average molecular weight is 463 g/mol. The van der Waals surface area contributed by atoms with Crippen LogP contribution in [0.3, 0.4) is 0 Å². The summed E-state index contributed by atoms with van der Waals surface area (Å²) < 4.78 is 2.85. The molecule has 4 rings (SSSR count). The molecule has 13 nitrogen and oxygen atoms in total. The lowest BCUT2D eigenvalue weighted by Crippen LogP contribution is -2.27. The van der Waals surface area contributed by atoms with Crippen molar-refractivity contribution in [3.63, 3.8) is 0 Å². The summed E-state index contributed by atoms with van der Waals surface area (Å²) in [6, 6.07) is 11.3. The molecule has 34 heavy (non-hydrogen) atoms. The molecule has 2 aromatic carbocycles. The van der Waals surface area contributed by atoms with Gasteiger partial charge < -0.3 is 5.32 Å².